The maximum atomic E-state index is 8.87. The fourth-order valence-electron chi connectivity index (χ4n) is 2.08. The van der Waals surface area contributed by atoms with Gasteiger partial charge in [-0.05, 0) is 12.1 Å². The number of pyridine rings is 1. The van der Waals surface area contributed by atoms with Crippen LogP contribution in [0, 0.1) is 0 Å². The lowest BCUT2D eigenvalue weighted by Gasteiger charge is -2.34. The van der Waals surface area contributed by atoms with Crippen molar-refractivity contribution in [2.75, 3.05) is 39.3 Å². The van der Waals surface area contributed by atoms with E-state index in [1.165, 1.54) is 0 Å². The van der Waals surface area contributed by atoms with Crippen LogP contribution in [0.1, 0.15) is 5.69 Å². The van der Waals surface area contributed by atoms with Crippen LogP contribution < -0.4 is 0 Å². The second-order valence-electron chi connectivity index (χ2n) is 4.29. The van der Waals surface area contributed by atoms with Crippen LogP contribution in [-0.2, 0) is 6.54 Å². The molecular formula is C12H18ClN3O. The molecule has 1 aromatic heterocycles. The first kappa shape index (κ1) is 12.8. The molecule has 0 bridgehead atoms. The number of rotatable bonds is 4. The molecule has 2 rings (SSSR count). The zero-order chi connectivity index (χ0) is 12.1. The Bertz CT molecular complexity index is 353. The molecule has 5 heteroatoms. The standard InChI is InChI=1S/C12H18ClN3O/c13-12-3-1-2-11(14-12)10-16-6-4-15(5-7-16)8-9-17/h1-3,17H,4-10H2. The molecule has 0 radical (unpaired) electrons. The Morgan fingerprint density at radius 1 is 1.18 bits per heavy atom. The summed E-state index contributed by atoms with van der Waals surface area (Å²) >= 11 is 5.86. The van der Waals surface area contributed by atoms with E-state index in [2.05, 4.69) is 14.8 Å². The van der Waals surface area contributed by atoms with Gasteiger partial charge in [0.25, 0.3) is 0 Å². The molecule has 1 aliphatic heterocycles. The van der Waals surface area contributed by atoms with Crippen molar-refractivity contribution in [2.45, 2.75) is 6.54 Å². The van der Waals surface area contributed by atoms with Crippen molar-refractivity contribution < 1.29 is 5.11 Å². The number of piperazine rings is 1. The summed E-state index contributed by atoms with van der Waals surface area (Å²) in [7, 11) is 0. The van der Waals surface area contributed by atoms with Crippen LogP contribution in [0.2, 0.25) is 5.15 Å². The molecule has 17 heavy (non-hydrogen) atoms. The molecule has 0 saturated carbocycles. The number of hydrogen-bond acceptors (Lipinski definition) is 4. The fourth-order valence-corrected chi connectivity index (χ4v) is 2.26. The number of hydrogen-bond donors (Lipinski definition) is 1. The predicted molar refractivity (Wildman–Crippen MR) is 68.0 cm³/mol. The normalized spacial score (nSPS) is 18.5. The minimum atomic E-state index is 0.246. The molecule has 1 saturated heterocycles. The van der Waals surface area contributed by atoms with Crippen molar-refractivity contribution in [1.82, 2.24) is 14.8 Å². The zero-order valence-corrected chi connectivity index (χ0v) is 10.6. The molecule has 2 heterocycles. The number of nitrogens with zero attached hydrogens (tertiary/aromatic N) is 3. The van der Waals surface area contributed by atoms with Gasteiger partial charge in [0.2, 0.25) is 0 Å². The molecule has 1 aliphatic rings. The minimum absolute atomic E-state index is 0.246. The third-order valence-corrected chi connectivity index (χ3v) is 3.25. The third-order valence-electron chi connectivity index (χ3n) is 3.04. The van der Waals surface area contributed by atoms with Crippen molar-refractivity contribution in [2.24, 2.45) is 0 Å². The van der Waals surface area contributed by atoms with Crippen molar-refractivity contribution in [3.8, 4) is 0 Å². The number of aliphatic hydroxyl groups excluding tert-OH is 1. The molecule has 0 atom stereocenters. The summed E-state index contributed by atoms with van der Waals surface area (Å²) in [5.74, 6) is 0. The van der Waals surface area contributed by atoms with E-state index in [-0.39, 0.29) is 6.61 Å². The van der Waals surface area contributed by atoms with Crippen molar-refractivity contribution in [1.29, 1.82) is 0 Å². The molecule has 1 fully saturated rings. The quantitative estimate of drug-likeness (QED) is 0.810. The highest BCUT2D eigenvalue weighted by atomic mass is 35.5. The van der Waals surface area contributed by atoms with Crippen LogP contribution in [-0.4, -0.2) is 59.2 Å². The lowest BCUT2D eigenvalue weighted by atomic mass is 10.2. The average molecular weight is 256 g/mol. The topological polar surface area (TPSA) is 39.6 Å². The van der Waals surface area contributed by atoms with Crippen molar-refractivity contribution >= 4 is 11.6 Å². The number of β-amino-alcohol motifs (C(OH)–C–C–N with tert-alkyl or cyclic N) is 1. The Morgan fingerprint density at radius 3 is 2.53 bits per heavy atom. The van der Waals surface area contributed by atoms with E-state index in [4.69, 9.17) is 16.7 Å². The molecule has 0 unspecified atom stereocenters. The second-order valence-corrected chi connectivity index (χ2v) is 4.68. The first-order valence-corrected chi connectivity index (χ1v) is 6.33. The smallest absolute Gasteiger partial charge is 0.129 e. The average Bonchev–Trinajstić information content (AvgIpc) is 2.32. The summed E-state index contributed by atoms with van der Waals surface area (Å²) in [5, 5.41) is 9.43. The highest BCUT2D eigenvalue weighted by molar-refractivity contribution is 6.29. The van der Waals surface area contributed by atoms with E-state index in [9.17, 15) is 0 Å². The maximum absolute atomic E-state index is 8.87. The Balaban J connectivity index is 1.82. The van der Waals surface area contributed by atoms with E-state index in [1.807, 2.05) is 12.1 Å². The monoisotopic (exact) mass is 255 g/mol. The summed E-state index contributed by atoms with van der Waals surface area (Å²) in [6.07, 6.45) is 0. The van der Waals surface area contributed by atoms with Gasteiger partial charge in [-0.1, -0.05) is 17.7 Å². The number of aromatic nitrogens is 1. The van der Waals surface area contributed by atoms with E-state index in [0.717, 1.165) is 45.0 Å². The van der Waals surface area contributed by atoms with Crippen LogP contribution in [0.15, 0.2) is 18.2 Å². The Labute approximate surface area is 107 Å². The Hall–Kier alpha value is -0.680. The summed E-state index contributed by atoms with van der Waals surface area (Å²) in [4.78, 5) is 8.94. The lowest BCUT2D eigenvalue weighted by molar-refractivity contribution is 0.107. The van der Waals surface area contributed by atoms with Gasteiger partial charge in [0.15, 0.2) is 0 Å². The van der Waals surface area contributed by atoms with Gasteiger partial charge in [-0.15, -0.1) is 0 Å². The van der Waals surface area contributed by atoms with E-state index in [0.29, 0.717) is 5.15 Å². The van der Waals surface area contributed by atoms with Crippen LogP contribution in [0.3, 0.4) is 0 Å². The molecular weight excluding hydrogens is 238 g/mol. The third kappa shape index (κ3) is 3.92. The second kappa shape index (κ2) is 6.31. The van der Waals surface area contributed by atoms with Crippen LogP contribution in [0.25, 0.3) is 0 Å². The van der Waals surface area contributed by atoms with Gasteiger partial charge >= 0.3 is 0 Å². The van der Waals surface area contributed by atoms with Gasteiger partial charge in [0.1, 0.15) is 5.15 Å². The zero-order valence-electron chi connectivity index (χ0n) is 9.85. The maximum Gasteiger partial charge on any atom is 0.129 e. The molecule has 1 N–H and O–H groups in total. The fraction of sp³-hybridized carbons (Fsp3) is 0.583. The largest absolute Gasteiger partial charge is 0.395 e. The molecule has 0 amide bonds. The van der Waals surface area contributed by atoms with Crippen LogP contribution >= 0.6 is 11.6 Å². The molecule has 0 aliphatic carbocycles. The SMILES string of the molecule is OCCN1CCN(Cc2cccc(Cl)n2)CC1. The van der Waals surface area contributed by atoms with E-state index in [1.54, 1.807) is 6.07 Å². The van der Waals surface area contributed by atoms with Gasteiger partial charge < -0.3 is 5.11 Å². The summed E-state index contributed by atoms with van der Waals surface area (Å²) in [5.41, 5.74) is 1.02. The van der Waals surface area contributed by atoms with Gasteiger partial charge in [-0.3, -0.25) is 9.80 Å². The van der Waals surface area contributed by atoms with Gasteiger partial charge in [0.05, 0.1) is 12.3 Å². The first-order valence-electron chi connectivity index (χ1n) is 5.95. The van der Waals surface area contributed by atoms with Gasteiger partial charge in [-0.25, -0.2) is 4.98 Å². The number of aliphatic hydroxyl groups is 1. The Morgan fingerprint density at radius 2 is 1.88 bits per heavy atom. The molecule has 94 valence electrons. The highest BCUT2D eigenvalue weighted by Gasteiger charge is 2.16. The summed E-state index contributed by atoms with van der Waals surface area (Å²) < 4.78 is 0. The molecule has 1 aromatic rings. The van der Waals surface area contributed by atoms with E-state index >= 15 is 0 Å². The number of halogens is 1. The van der Waals surface area contributed by atoms with Gasteiger partial charge in [-0.2, -0.15) is 0 Å². The van der Waals surface area contributed by atoms with Crippen molar-refractivity contribution in [3.05, 3.63) is 29.0 Å². The van der Waals surface area contributed by atoms with Gasteiger partial charge in [0, 0.05) is 39.3 Å². The van der Waals surface area contributed by atoms with Crippen LogP contribution in [0.4, 0.5) is 0 Å². The van der Waals surface area contributed by atoms with Crippen LogP contribution in [0.5, 0.6) is 0 Å². The molecule has 0 spiro atoms. The molecule has 4 nitrogen and oxygen atoms in total. The first-order chi connectivity index (χ1) is 8.28. The molecule has 0 aromatic carbocycles. The Kier molecular flexibility index (Phi) is 4.74. The van der Waals surface area contributed by atoms with E-state index < -0.39 is 0 Å². The summed E-state index contributed by atoms with van der Waals surface area (Å²) in [6.45, 7) is 5.96. The highest BCUT2D eigenvalue weighted by Crippen LogP contribution is 2.09. The summed E-state index contributed by atoms with van der Waals surface area (Å²) in [6, 6.07) is 5.74. The van der Waals surface area contributed by atoms with Crippen molar-refractivity contribution in [3.63, 3.8) is 0 Å². The minimum Gasteiger partial charge on any atom is -0.395 e. The predicted octanol–water partition coefficient (Wildman–Crippen LogP) is 0.845. The lowest BCUT2D eigenvalue weighted by Crippen LogP contribution is -2.46.